The molecule has 4 amide bonds. The quantitative estimate of drug-likeness (QED) is 0.805. The van der Waals surface area contributed by atoms with Crippen LogP contribution in [0.5, 0.6) is 0 Å². The summed E-state index contributed by atoms with van der Waals surface area (Å²) in [5.74, 6) is 0.345. The Hall–Kier alpha value is -3.30. The van der Waals surface area contributed by atoms with Gasteiger partial charge < -0.3 is 14.5 Å². The Kier molecular flexibility index (Phi) is 5.00. The maximum atomic E-state index is 12.3. The lowest BCUT2D eigenvalue weighted by molar-refractivity contribution is -0.120. The number of rotatable bonds is 2. The lowest BCUT2D eigenvalue weighted by Crippen LogP contribution is -2.50. The van der Waals surface area contributed by atoms with Gasteiger partial charge in [0.15, 0.2) is 5.65 Å². The Morgan fingerprint density at radius 2 is 1.87 bits per heavy atom. The molecule has 2 aliphatic heterocycles. The van der Waals surface area contributed by atoms with Crippen molar-refractivity contribution in [2.45, 2.75) is 32.8 Å². The van der Waals surface area contributed by atoms with E-state index in [-0.39, 0.29) is 18.4 Å². The van der Waals surface area contributed by atoms with Crippen molar-refractivity contribution >= 4 is 35.2 Å². The molecule has 2 saturated heterocycles. The normalized spacial score (nSPS) is 18.0. The van der Waals surface area contributed by atoms with E-state index in [1.54, 1.807) is 11.1 Å². The Labute approximate surface area is 174 Å². The molecule has 0 atom stereocenters. The third-order valence-electron chi connectivity index (χ3n) is 5.10. The Morgan fingerprint density at radius 1 is 1.13 bits per heavy atom. The van der Waals surface area contributed by atoms with Crippen LogP contribution in [0.25, 0.3) is 5.65 Å². The molecule has 1 N–H and O–H groups in total. The second kappa shape index (κ2) is 7.51. The molecular weight excluding hydrogens is 388 g/mol. The minimum absolute atomic E-state index is 0.255. The third-order valence-corrected chi connectivity index (χ3v) is 5.10. The van der Waals surface area contributed by atoms with Crippen molar-refractivity contribution in [1.29, 1.82) is 0 Å². The standard InChI is InChI=1S/C20H26N6O4/c1-20(2,3)30-19(29)24-11-9-23(10-12-24)14-5-4-7-25-16(13-21-17(14)25)26-8-6-15(27)22-18(26)28/h4-5,7,13H,6,8-12H2,1-3H3,(H,22,27,28). The minimum Gasteiger partial charge on any atom is -0.444 e. The highest BCUT2D eigenvalue weighted by atomic mass is 16.6. The van der Waals surface area contributed by atoms with E-state index in [1.807, 2.05) is 43.5 Å². The van der Waals surface area contributed by atoms with Crippen LogP contribution in [0.2, 0.25) is 0 Å². The molecule has 4 rings (SSSR count). The van der Waals surface area contributed by atoms with E-state index in [9.17, 15) is 14.4 Å². The number of carbonyl (C=O) groups excluding carboxylic acids is 3. The van der Waals surface area contributed by atoms with Gasteiger partial charge in [0, 0.05) is 45.3 Å². The van der Waals surface area contributed by atoms with Crippen LogP contribution in [0.3, 0.4) is 0 Å². The highest BCUT2D eigenvalue weighted by Gasteiger charge is 2.29. The van der Waals surface area contributed by atoms with E-state index >= 15 is 0 Å². The minimum atomic E-state index is -0.516. The van der Waals surface area contributed by atoms with Gasteiger partial charge in [0.1, 0.15) is 11.4 Å². The van der Waals surface area contributed by atoms with Crippen molar-refractivity contribution in [1.82, 2.24) is 19.6 Å². The monoisotopic (exact) mass is 414 g/mol. The number of fused-ring (bicyclic) bond motifs is 1. The van der Waals surface area contributed by atoms with E-state index in [2.05, 4.69) is 15.2 Å². The average Bonchev–Trinajstić information content (AvgIpc) is 3.11. The molecule has 4 heterocycles. The van der Waals surface area contributed by atoms with Crippen molar-refractivity contribution < 1.29 is 19.1 Å². The van der Waals surface area contributed by atoms with Crippen LogP contribution in [0, 0.1) is 0 Å². The number of imidazole rings is 1. The van der Waals surface area contributed by atoms with Crippen molar-refractivity contribution in [2.75, 3.05) is 42.5 Å². The molecule has 2 aromatic rings. The van der Waals surface area contributed by atoms with Crippen molar-refractivity contribution in [3.8, 4) is 0 Å². The molecule has 10 heteroatoms. The van der Waals surface area contributed by atoms with E-state index < -0.39 is 11.6 Å². The van der Waals surface area contributed by atoms with Gasteiger partial charge in [-0.2, -0.15) is 0 Å². The molecule has 0 unspecified atom stereocenters. The Balaban J connectivity index is 1.51. The van der Waals surface area contributed by atoms with Crippen LogP contribution < -0.4 is 15.1 Å². The fraction of sp³-hybridized carbons (Fsp3) is 0.500. The zero-order chi connectivity index (χ0) is 21.5. The SMILES string of the molecule is CC(C)(C)OC(=O)N1CCN(c2cccn3c(N4CCC(=O)NC4=O)cnc23)CC1. The smallest absolute Gasteiger partial charge is 0.410 e. The summed E-state index contributed by atoms with van der Waals surface area (Å²) in [6.45, 7) is 8.31. The number of aromatic nitrogens is 2. The zero-order valence-electron chi connectivity index (χ0n) is 17.4. The Bertz CT molecular complexity index is 987. The largest absolute Gasteiger partial charge is 0.444 e. The molecule has 160 valence electrons. The first kappa shape index (κ1) is 20.0. The van der Waals surface area contributed by atoms with Gasteiger partial charge in [-0.15, -0.1) is 0 Å². The molecule has 30 heavy (non-hydrogen) atoms. The highest BCUT2D eigenvalue weighted by molar-refractivity contribution is 6.05. The number of ether oxygens (including phenoxy) is 1. The van der Waals surface area contributed by atoms with Crippen LogP contribution >= 0.6 is 0 Å². The van der Waals surface area contributed by atoms with Gasteiger partial charge >= 0.3 is 12.1 Å². The number of pyridine rings is 1. The van der Waals surface area contributed by atoms with Gasteiger partial charge in [0.05, 0.1) is 11.9 Å². The van der Waals surface area contributed by atoms with E-state index in [0.717, 1.165) is 11.3 Å². The van der Waals surface area contributed by atoms with Crippen LogP contribution in [0.1, 0.15) is 27.2 Å². The summed E-state index contributed by atoms with van der Waals surface area (Å²) in [4.78, 5) is 45.9. The predicted molar refractivity (Wildman–Crippen MR) is 111 cm³/mol. The van der Waals surface area contributed by atoms with Crippen LogP contribution in [-0.2, 0) is 9.53 Å². The fourth-order valence-electron chi connectivity index (χ4n) is 3.67. The molecule has 0 radical (unpaired) electrons. The molecule has 0 aliphatic carbocycles. The lowest BCUT2D eigenvalue weighted by Gasteiger charge is -2.36. The molecule has 0 saturated carbocycles. The molecule has 2 aromatic heterocycles. The first-order chi connectivity index (χ1) is 14.2. The zero-order valence-corrected chi connectivity index (χ0v) is 17.4. The number of nitrogens with zero attached hydrogens (tertiary/aromatic N) is 5. The van der Waals surface area contributed by atoms with Gasteiger partial charge in [-0.05, 0) is 32.9 Å². The second-order valence-corrected chi connectivity index (χ2v) is 8.41. The summed E-state index contributed by atoms with van der Waals surface area (Å²) in [5.41, 5.74) is 1.14. The van der Waals surface area contributed by atoms with E-state index in [4.69, 9.17) is 4.74 Å². The average molecular weight is 414 g/mol. The third kappa shape index (κ3) is 3.89. The molecule has 2 fully saturated rings. The maximum absolute atomic E-state index is 12.3. The summed E-state index contributed by atoms with van der Waals surface area (Å²) in [7, 11) is 0. The van der Waals surface area contributed by atoms with Gasteiger partial charge in [0.2, 0.25) is 5.91 Å². The second-order valence-electron chi connectivity index (χ2n) is 8.41. The number of imide groups is 1. The molecule has 0 bridgehead atoms. The fourth-order valence-corrected chi connectivity index (χ4v) is 3.67. The van der Waals surface area contributed by atoms with Crippen LogP contribution in [0.15, 0.2) is 24.5 Å². The molecule has 10 nitrogen and oxygen atoms in total. The molecular formula is C20H26N6O4. The van der Waals surface area contributed by atoms with Crippen molar-refractivity contribution in [3.05, 3.63) is 24.5 Å². The van der Waals surface area contributed by atoms with E-state index in [1.165, 1.54) is 4.90 Å². The number of urea groups is 1. The summed E-state index contributed by atoms with van der Waals surface area (Å²) < 4.78 is 7.31. The highest BCUT2D eigenvalue weighted by Crippen LogP contribution is 2.27. The Morgan fingerprint density at radius 3 is 2.53 bits per heavy atom. The number of carbonyl (C=O) groups is 3. The number of nitrogens with one attached hydrogen (secondary N) is 1. The van der Waals surface area contributed by atoms with Crippen LogP contribution in [0.4, 0.5) is 21.1 Å². The molecule has 2 aliphatic rings. The molecule has 0 spiro atoms. The predicted octanol–water partition coefficient (Wildman–Crippen LogP) is 1.84. The van der Waals surface area contributed by atoms with Crippen molar-refractivity contribution in [2.24, 2.45) is 0 Å². The van der Waals surface area contributed by atoms with Gasteiger partial charge in [-0.3, -0.25) is 19.4 Å². The van der Waals surface area contributed by atoms with Crippen LogP contribution in [-0.4, -0.2) is 70.6 Å². The summed E-state index contributed by atoms with van der Waals surface area (Å²) in [6.07, 6.45) is 3.45. The van der Waals surface area contributed by atoms with Crippen molar-refractivity contribution in [3.63, 3.8) is 0 Å². The maximum Gasteiger partial charge on any atom is 0.410 e. The van der Waals surface area contributed by atoms with Gasteiger partial charge in [-0.1, -0.05) is 0 Å². The number of hydrogen-bond acceptors (Lipinski definition) is 6. The number of anilines is 2. The summed E-state index contributed by atoms with van der Waals surface area (Å²) >= 11 is 0. The topological polar surface area (TPSA) is 99.5 Å². The lowest BCUT2D eigenvalue weighted by atomic mass is 10.2. The summed E-state index contributed by atoms with van der Waals surface area (Å²) in [5, 5.41) is 2.34. The summed E-state index contributed by atoms with van der Waals surface area (Å²) in [6, 6.07) is 3.44. The first-order valence-electron chi connectivity index (χ1n) is 10.0. The molecule has 0 aromatic carbocycles. The van der Waals surface area contributed by atoms with Gasteiger partial charge in [0.25, 0.3) is 0 Å². The first-order valence-corrected chi connectivity index (χ1v) is 10.0. The number of hydrogen-bond donors (Lipinski definition) is 1. The number of piperazine rings is 1. The van der Waals surface area contributed by atoms with Gasteiger partial charge in [-0.25, -0.2) is 14.6 Å². The number of amides is 4. The van der Waals surface area contributed by atoms with E-state index in [0.29, 0.717) is 38.5 Å².